The Morgan fingerprint density at radius 3 is 2.14 bits per heavy atom. The lowest BCUT2D eigenvalue weighted by atomic mass is 9.91. The quantitative estimate of drug-likeness (QED) is 0.598. The second-order valence-electron chi connectivity index (χ2n) is 7.23. The highest BCUT2D eigenvalue weighted by molar-refractivity contribution is 5.76. The number of carbonyl (C=O) groups is 1. The van der Waals surface area contributed by atoms with Crippen LogP contribution in [0.1, 0.15) is 61.4 Å². The molecule has 0 saturated carbocycles. The highest BCUT2D eigenvalue weighted by Crippen LogP contribution is 2.23. The summed E-state index contributed by atoms with van der Waals surface area (Å²) in [6.07, 6.45) is 1.75. The Balaban J connectivity index is 1.52. The first kappa shape index (κ1) is 19.8. The van der Waals surface area contributed by atoms with Crippen molar-refractivity contribution in [3.63, 3.8) is 0 Å². The van der Waals surface area contributed by atoms with E-state index in [-0.39, 0.29) is 17.7 Å². The van der Waals surface area contributed by atoms with Crippen LogP contribution in [0.5, 0.6) is 0 Å². The summed E-state index contributed by atoms with van der Waals surface area (Å²) in [5.41, 5.74) is 2.39. The van der Waals surface area contributed by atoms with Crippen LogP contribution in [0.4, 0.5) is 0 Å². The highest BCUT2D eigenvalue weighted by Gasteiger charge is 2.15. The van der Waals surface area contributed by atoms with Crippen molar-refractivity contribution in [2.24, 2.45) is 0 Å². The SMILES string of the molecule is CC(C)c1noc(CCCC(=O)NCC(c2ccccc2)c2ccccc2)n1. The van der Waals surface area contributed by atoms with E-state index in [1.807, 2.05) is 50.2 Å². The maximum atomic E-state index is 12.3. The summed E-state index contributed by atoms with van der Waals surface area (Å²) < 4.78 is 5.23. The van der Waals surface area contributed by atoms with Crippen LogP contribution in [-0.4, -0.2) is 22.6 Å². The molecule has 0 aliphatic heterocycles. The van der Waals surface area contributed by atoms with Crippen molar-refractivity contribution in [2.45, 2.75) is 44.9 Å². The number of nitrogens with one attached hydrogen (secondary N) is 1. The second kappa shape index (κ2) is 9.83. The maximum Gasteiger partial charge on any atom is 0.226 e. The molecule has 0 spiro atoms. The van der Waals surface area contributed by atoms with Crippen LogP contribution in [0.25, 0.3) is 0 Å². The lowest BCUT2D eigenvalue weighted by Crippen LogP contribution is -2.28. The third-order valence-electron chi connectivity index (χ3n) is 4.70. The Labute approximate surface area is 166 Å². The lowest BCUT2D eigenvalue weighted by Gasteiger charge is -2.19. The lowest BCUT2D eigenvalue weighted by molar-refractivity contribution is -0.121. The number of aromatic nitrogens is 2. The summed E-state index contributed by atoms with van der Waals surface area (Å²) in [6.45, 7) is 4.63. The van der Waals surface area contributed by atoms with E-state index in [0.29, 0.717) is 37.5 Å². The summed E-state index contributed by atoms with van der Waals surface area (Å²) in [5, 5.41) is 7.04. The first-order valence-electron chi connectivity index (χ1n) is 9.82. The Morgan fingerprint density at radius 1 is 1.00 bits per heavy atom. The van der Waals surface area contributed by atoms with Crippen LogP contribution in [0.2, 0.25) is 0 Å². The molecule has 5 heteroatoms. The van der Waals surface area contributed by atoms with E-state index in [2.05, 4.69) is 39.7 Å². The number of rotatable bonds is 9. The van der Waals surface area contributed by atoms with Gasteiger partial charge in [-0.1, -0.05) is 79.7 Å². The van der Waals surface area contributed by atoms with Crippen molar-refractivity contribution in [3.8, 4) is 0 Å². The minimum atomic E-state index is 0.0421. The zero-order valence-electron chi connectivity index (χ0n) is 16.5. The van der Waals surface area contributed by atoms with Gasteiger partial charge in [0.05, 0.1) is 0 Å². The Kier molecular flexibility index (Phi) is 6.95. The molecule has 3 aromatic rings. The van der Waals surface area contributed by atoms with Gasteiger partial charge in [-0.15, -0.1) is 0 Å². The molecule has 1 amide bonds. The van der Waals surface area contributed by atoms with Gasteiger partial charge >= 0.3 is 0 Å². The van der Waals surface area contributed by atoms with Crippen LogP contribution in [0, 0.1) is 0 Å². The van der Waals surface area contributed by atoms with Gasteiger partial charge in [0, 0.05) is 31.2 Å². The fourth-order valence-electron chi connectivity index (χ4n) is 3.11. The molecule has 5 nitrogen and oxygen atoms in total. The standard InChI is InChI=1S/C23H27N3O2/c1-17(2)23-25-22(28-26-23)15-9-14-21(27)24-16-20(18-10-5-3-6-11-18)19-12-7-4-8-13-19/h3-8,10-13,17,20H,9,14-16H2,1-2H3,(H,24,27). The molecule has 28 heavy (non-hydrogen) atoms. The first-order valence-corrected chi connectivity index (χ1v) is 9.82. The van der Waals surface area contributed by atoms with Gasteiger partial charge in [0.25, 0.3) is 0 Å². The van der Waals surface area contributed by atoms with Crippen molar-refractivity contribution < 1.29 is 9.32 Å². The van der Waals surface area contributed by atoms with Crippen molar-refractivity contribution in [1.29, 1.82) is 0 Å². The number of hydrogen-bond acceptors (Lipinski definition) is 4. The van der Waals surface area contributed by atoms with E-state index < -0.39 is 0 Å². The van der Waals surface area contributed by atoms with Gasteiger partial charge in [0.2, 0.25) is 11.8 Å². The van der Waals surface area contributed by atoms with Crippen molar-refractivity contribution in [3.05, 3.63) is 83.5 Å². The Morgan fingerprint density at radius 2 is 1.61 bits per heavy atom. The molecule has 1 aromatic heterocycles. The number of aryl methyl sites for hydroxylation is 1. The largest absolute Gasteiger partial charge is 0.355 e. The van der Waals surface area contributed by atoms with Gasteiger partial charge in [-0.05, 0) is 17.5 Å². The molecule has 0 saturated heterocycles. The van der Waals surface area contributed by atoms with Gasteiger partial charge in [-0.2, -0.15) is 4.98 Å². The normalized spacial score (nSPS) is 11.1. The van der Waals surface area contributed by atoms with E-state index in [1.54, 1.807) is 0 Å². The average Bonchev–Trinajstić information content (AvgIpc) is 3.19. The number of amides is 1. The van der Waals surface area contributed by atoms with Crippen LogP contribution in [0.15, 0.2) is 65.2 Å². The zero-order valence-corrected chi connectivity index (χ0v) is 16.5. The van der Waals surface area contributed by atoms with Crippen LogP contribution in [-0.2, 0) is 11.2 Å². The van der Waals surface area contributed by atoms with Gasteiger partial charge in [0.1, 0.15) is 0 Å². The first-order chi connectivity index (χ1) is 13.6. The summed E-state index contributed by atoms with van der Waals surface area (Å²) in [4.78, 5) is 16.7. The molecule has 0 aliphatic rings. The van der Waals surface area contributed by atoms with Crippen LogP contribution in [0.3, 0.4) is 0 Å². The summed E-state index contributed by atoms with van der Waals surface area (Å²) >= 11 is 0. The maximum absolute atomic E-state index is 12.3. The molecule has 0 radical (unpaired) electrons. The number of carbonyl (C=O) groups excluding carboxylic acids is 1. The zero-order chi connectivity index (χ0) is 19.8. The molecule has 0 fully saturated rings. The van der Waals surface area contributed by atoms with Crippen LogP contribution >= 0.6 is 0 Å². The topological polar surface area (TPSA) is 68.0 Å². The van der Waals surface area contributed by atoms with E-state index >= 15 is 0 Å². The number of nitrogens with zero attached hydrogens (tertiary/aromatic N) is 2. The molecule has 0 aliphatic carbocycles. The molecule has 146 valence electrons. The van der Waals surface area contributed by atoms with Gasteiger partial charge < -0.3 is 9.84 Å². The Bertz CT molecular complexity index is 820. The average molecular weight is 377 g/mol. The van der Waals surface area contributed by atoms with E-state index in [9.17, 15) is 4.79 Å². The monoisotopic (exact) mass is 377 g/mol. The fraction of sp³-hybridized carbons (Fsp3) is 0.348. The van der Waals surface area contributed by atoms with E-state index in [1.165, 1.54) is 11.1 Å². The molecular formula is C23H27N3O2. The van der Waals surface area contributed by atoms with Crippen molar-refractivity contribution in [2.75, 3.05) is 6.54 Å². The van der Waals surface area contributed by atoms with Crippen molar-refractivity contribution in [1.82, 2.24) is 15.5 Å². The van der Waals surface area contributed by atoms with Crippen LogP contribution < -0.4 is 5.32 Å². The third kappa shape index (κ3) is 5.52. The second-order valence-corrected chi connectivity index (χ2v) is 7.23. The molecule has 3 rings (SSSR count). The predicted octanol–water partition coefficient (Wildman–Crippen LogP) is 4.46. The summed E-state index contributed by atoms with van der Waals surface area (Å²) in [5.74, 6) is 1.74. The number of benzene rings is 2. The van der Waals surface area contributed by atoms with Gasteiger partial charge in [0.15, 0.2) is 5.82 Å². The van der Waals surface area contributed by atoms with E-state index in [4.69, 9.17) is 4.52 Å². The molecule has 1 heterocycles. The van der Waals surface area contributed by atoms with Gasteiger partial charge in [-0.25, -0.2) is 0 Å². The van der Waals surface area contributed by atoms with E-state index in [0.717, 1.165) is 0 Å². The molecular weight excluding hydrogens is 350 g/mol. The summed E-state index contributed by atoms with van der Waals surface area (Å²) in [6, 6.07) is 20.5. The minimum Gasteiger partial charge on any atom is -0.355 e. The molecule has 2 aromatic carbocycles. The highest BCUT2D eigenvalue weighted by atomic mass is 16.5. The third-order valence-corrected chi connectivity index (χ3v) is 4.70. The smallest absolute Gasteiger partial charge is 0.226 e. The molecule has 0 unspecified atom stereocenters. The number of hydrogen-bond donors (Lipinski definition) is 1. The minimum absolute atomic E-state index is 0.0421. The molecule has 0 atom stereocenters. The molecule has 0 bridgehead atoms. The summed E-state index contributed by atoms with van der Waals surface area (Å²) in [7, 11) is 0. The predicted molar refractivity (Wildman–Crippen MR) is 109 cm³/mol. The fourth-order valence-corrected chi connectivity index (χ4v) is 3.11. The molecule has 1 N–H and O–H groups in total. The van der Waals surface area contributed by atoms with Gasteiger partial charge in [-0.3, -0.25) is 4.79 Å². The van der Waals surface area contributed by atoms with Crippen molar-refractivity contribution >= 4 is 5.91 Å². The Hall–Kier alpha value is -2.95.